The molecule has 2 heterocycles. The van der Waals surface area contributed by atoms with Crippen molar-refractivity contribution >= 4 is 38.6 Å². The van der Waals surface area contributed by atoms with E-state index >= 15 is 0 Å². The third kappa shape index (κ3) is 3.45. The molecule has 3 amide bonds. The molecule has 8 heteroatoms. The highest BCUT2D eigenvalue weighted by molar-refractivity contribution is 7.22. The highest BCUT2D eigenvalue weighted by Crippen LogP contribution is 2.31. The molecule has 1 unspecified atom stereocenters. The highest BCUT2D eigenvalue weighted by atomic mass is 32.1. The third-order valence-electron chi connectivity index (χ3n) is 4.50. The van der Waals surface area contributed by atoms with Crippen LogP contribution in [0.5, 0.6) is 0 Å². The van der Waals surface area contributed by atoms with Crippen LogP contribution in [-0.4, -0.2) is 47.6 Å². The second kappa shape index (κ2) is 6.61. The van der Waals surface area contributed by atoms with Gasteiger partial charge in [0.2, 0.25) is 5.91 Å². The van der Waals surface area contributed by atoms with Gasteiger partial charge in [-0.25, -0.2) is 9.78 Å². The van der Waals surface area contributed by atoms with Crippen molar-refractivity contribution in [3.05, 3.63) is 23.8 Å². The third-order valence-corrected chi connectivity index (χ3v) is 5.44. The second-order valence-electron chi connectivity index (χ2n) is 6.49. The van der Waals surface area contributed by atoms with Crippen LogP contribution in [0.2, 0.25) is 0 Å². The first kappa shape index (κ1) is 16.3. The number of rotatable bonds is 5. The number of nitrogens with zero attached hydrogens (tertiary/aromatic N) is 2. The Bertz CT molecular complexity index is 817. The fourth-order valence-electron chi connectivity index (χ4n) is 3.22. The van der Waals surface area contributed by atoms with Gasteiger partial charge in [-0.05, 0) is 18.9 Å². The summed E-state index contributed by atoms with van der Waals surface area (Å²) >= 11 is 1.42. The number of urea groups is 1. The minimum Gasteiger partial charge on any atom is -0.380 e. The Morgan fingerprint density at radius 1 is 1.44 bits per heavy atom. The summed E-state index contributed by atoms with van der Waals surface area (Å²) < 4.78 is 6.19. The van der Waals surface area contributed by atoms with E-state index in [1.54, 1.807) is 7.11 Å². The zero-order valence-corrected chi connectivity index (χ0v) is 14.8. The molecule has 1 saturated carbocycles. The first-order valence-corrected chi connectivity index (χ1v) is 9.20. The summed E-state index contributed by atoms with van der Waals surface area (Å²) in [4.78, 5) is 30.6. The van der Waals surface area contributed by atoms with E-state index in [0.29, 0.717) is 30.7 Å². The van der Waals surface area contributed by atoms with E-state index in [0.717, 1.165) is 28.6 Å². The first-order chi connectivity index (χ1) is 12.1. The molecule has 1 saturated heterocycles. The summed E-state index contributed by atoms with van der Waals surface area (Å²) in [7, 11) is 1.64. The van der Waals surface area contributed by atoms with Crippen LogP contribution in [-0.2, 0) is 16.1 Å². The van der Waals surface area contributed by atoms with Crippen molar-refractivity contribution in [2.24, 2.45) is 0 Å². The molecule has 2 N–H and O–H groups in total. The molecule has 132 valence electrons. The predicted octanol–water partition coefficient (Wildman–Crippen LogP) is 2.33. The zero-order chi connectivity index (χ0) is 17.4. The SMILES string of the molecule is COCc1cccc2sc(NC(=O)NC3CC(=O)N(C4CC4)C3)nc12. The summed E-state index contributed by atoms with van der Waals surface area (Å²) in [5.41, 5.74) is 1.84. The number of para-hydroxylation sites is 1. The number of likely N-dealkylation sites (tertiary alicyclic amines) is 1. The number of nitrogens with one attached hydrogen (secondary N) is 2. The number of aromatic nitrogens is 1. The minimum absolute atomic E-state index is 0.133. The molecular formula is C17H20N4O3S. The van der Waals surface area contributed by atoms with Gasteiger partial charge in [0.1, 0.15) is 0 Å². The molecule has 1 aliphatic carbocycles. The fraction of sp³-hybridized carbons (Fsp3) is 0.471. The van der Waals surface area contributed by atoms with Gasteiger partial charge in [0, 0.05) is 31.7 Å². The van der Waals surface area contributed by atoms with Gasteiger partial charge in [-0.2, -0.15) is 0 Å². The fourth-order valence-corrected chi connectivity index (χ4v) is 4.13. The number of hydrogen-bond donors (Lipinski definition) is 2. The molecule has 1 atom stereocenters. The molecule has 1 aromatic carbocycles. The number of fused-ring (bicyclic) bond motifs is 1. The number of methoxy groups -OCH3 is 1. The number of hydrogen-bond acceptors (Lipinski definition) is 5. The van der Waals surface area contributed by atoms with E-state index in [2.05, 4.69) is 15.6 Å². The smallest absolute Gasteiger partial charge is 0.321 e. The lowest BCUT2D eigenvalue weighted by Crippen LogP contribution is -2.40. The largest absolute Gasteiger partial charge is 0.380 e. The molecule has 2 aliphatic rings. The van der Waals surface area contributed by atoms with Crippen molar-refractivity contribution in [3.8, 4) is 0 Å². The number of ether oxygens (including phenoxy) is 1. The van der Waals surface area contributed by atoms with E-state index in [1.807, 2.05) is 23.1 Å². The first-order valence-electron chi connectivity index (χ1n) is 8.38. The van der Waals surface area contributed by atoms with Gasteiger partial charge in [-0.15, -0.1) is 0 Å². The number of amides is 3. The van der Waals surface area contributed by atoms with E-state index in [9.17, 15) is 9.59 Å². The highest BCUT2D eigenvalue weighted by Gasteiger charge is 2.39. The molecule has 7 nitrogen and oxygen atoms in total. The van der Waals surface area contributed by atoms with Crippen molar-refractivity contribution in [2.45, 2.75) is 38.0 Å². The molecule has 4 rings (SSSR count). The molecule has 25 heavy (non-hydrogen) atoms. The quantitative estimate of drug-likeness (QED) is 0.857. The van der Waals surface area contributed by atoms with Crippen molar-refractivity contribution < 1.29 is 14.3 Å². The van der Waals surface area contributed by atoms with Crippen LogP contribution in [0, 0.1) is 0 Å². The van der Waals surface area contributed by atoms with Crippen molar-refractivity contribution in [1.29, 1.82) is 0 Å². The van der Waals surface area contributed by atoms with Gasteiger partial charge >= 0.3 is 6.03 Å². The Hall–Kier alpha value is -2.19. The summed E-state index contributed by atoms with van der Waals surface area (Å²) in [5.74, 6) is 0.136. The van der Waals surface area contributed by atoms with Gasteiger partial charge in [0.25, 0.3) is 0 Å². The molecule has 1 aliphatic heterocycles. The van der Waals surface area contributed by atoms with Gasteiger partial charge in [-0.1, -0.05) is 23.5 Å². The standard InChI is InChI=1S/C17H20N4O3S/c1-24-9-10-3-2-4-13-15(10)19-17(25-13)20-16(23)18-11-7-14(22)21(8-11)12-5-6-12/h2-4,11-12H,5-9H2,1H3,(H2,18,19,20,23). The Morgan fingerprint density at radius 2 is 2.28 bits per heavy atom. The Balaban J connectivity index is 1.40. The molecule has 0 radical (unpaired) electrons. The lowest BCUT2D eigenvalue weighted by molar-refractivity contribution is -0.128. The van der Waals surface area contributed by atoms with E-state index < -0.39 is 0 Å². The maximum Gasteiger partial charge on any atom is 0.321 e. The summed E-state index contributed by atoms with van der Waals surface area (Å²) in [6.45, 7) is 1.09. The number of benzene rings is 1. The van der Waals surface area contributed by atoms with Crippen LogP contribution in [0.3, 0.4) is 0 Å². The minimum atomic E-state index is -0.317. The van der Waals surface area contributed by atoms with Crippen molar-refractivity contribution in [3.63, 3.8) is 0 Å². The van der Waals surface area contributed by atoms with Crippen molar-refractivity contribution in [1.82, 2.24) is 15.2 Å². The number of carbonyl (C=O) groups is 2. The topological polar surface area (TPSA) is 83.6 Å². The number of anilines is 1. The second-order valence-corrected chi connectivity index (χ2v) is 7.52. The van der Waals surface area contributed by atoms with E-state index in [4.69, 9.17) is 4.74 Å². The van der Waals surface area contributed by atoms with Gasteiger partial charge < -0.3 is 15.0 Å². The normalized spacial score (nSPS) is 20.3. The summed E-state index contributed by atoms with van der Waals surface area (Å²) in [6, 6.07) is 5.83. The average molecular weight is 360 g/mol. The summed E-state index contributed by atoms with van der Waals surface area (Å²) in [5, 5.41) is 6.21. The van der Waals surface area contributed by atoms with Crippen LogP contribution in [0.4, 0.5) is 9.93 Å². The van der Waals surface area contributed by atoms with Crippen LogP contribution in [0.1, 0.15) is 24.8 Å². The molecule has 2 fully saturated rings. The van der Waals surface area contributed by atoms with Crippen LogP contribution >= 0.6 is 11.3 Å². The van der Waals surface area contributed by atoms with E-state index in [1.165, 1.54) is 11.3 Å². The Morgan fingerprint density at radius 3 is 3.04 bits per heavy atom. The lowest BCUT2D eigenvalue weighted by atomic mass is 10.2. The Labute approximate surface area is 149 Å². The van der Waals surface area contributed by atoms with Crippen molar-refractivity contribution in [2.75, 3.05) is 19.0 Å². The summed E-state index contributed by atoms with van der Waals surface area (Å²) in [6.07, 6.45) is 2.54. The zero-order valence-electron chi connectivity index (χ0n) is 13.9. The molecule has 1 aromatic heterocycles. The molecule has 2 aromatic rings. The van der Waals surface area contributed by atoms with Crippen LogP contribution < -0.4 is 10.6 Å². The van der Waals surface area contributed by atoms with Gasteiger partial charge in [0.05, 0.1) is 22.9 Å². The molecular weight excluding hydrogens is 340 g/mol. The van der Waals surface area contributed by atoms with Crippen LogP contribution in [0.25, 0.3) is 10.2 Å². The monoisotopic (exact) mass is 360 g/mol. The average Bonchev–Trinajstić information content (AvgIpc) is 3.23. The van der Waals surface area contributed by atoms with E-state index in [-0.39, 0.29) is 18.0 Å². The molecule has 0 spiro atoms. The number of thiazole rings is 1. The Kier molecular flexibility index (Phi) is 4.30. The van der Waals surface area contributed by atoms with Gasteiger partial charge in [-0.3, -0.25) is 10.1 Å². The maximum absolute atomic E-state index is 12.2. The molecule has 0 bridgehead atoms. The predicted molar refractivity (Wildman–Crippen MR) is 95.6 cm³/mol. The van der Waals surface area contributed by atoms with Crippen LogP contribution in [0.15, 0.2) is 18.2 Å². The maximum atomic E-state index is 12.2. The lowest BCUT2D eigenvalue weighted by Gasteiger charge is -2.16. The van der Waals surface area contributed by atoms with Gasteiger partial charge in [0.15, 0.2) is 5.13 Å². The number of carbonyl (C=O) groups excluding carboxylic acids is 2.